The van der Waals surface area contributed by atoms with Gasteiger partial charge in [0.1, 0.15) is 6.54 Å². The first-order chi connectivity index (χ1) is 10.5. The highest BCUT2D eigenvalue weighted by Crippen LogP contribution is 2.12. The Balaban J connectivity index is 1.80. The van der Waals surface area contributed by atoms with Crippen LogP contribution in [0, 0.1) is 12.3 Å². The summed E-state index contributed by atoms with van der Waals surface area (Å²) >= 11 is 0. The van der Waals surface area contributed by atoms with E-state index in [0.717, 1.165) is 0 Å². The predicted molar refractivity (Wildman–Crippen MR) is 82.0 cm³/mol. The monoisotopic (exact) mass is 299 g/mol. The van der Waals surface area contributed by atoms with Gasteiger partial charge in [0.25, 0.3) is 0 Å². The van der Waals surface area contributed by atoms with Crippen LogP contribution >= 0.6 is 0 Å². The Morgan fingerprint density at radius 1 is 1.41 bits per heavy atom. The van der Waals surface area contributed by atoms with E-state index in [0.29, 0.717) is 17.7 Å². The zero-order valence-electron chi connectivity index (χ0n) is 12.3. The largest absolute Gasteiger partial charge is 0.326 e. The number of amides is 4. The van der Waals surface area contributed by atoms with Gasteiger partial charge in [-0.25, -0.2) is 4.79 Å². The highest BCUT2D eigenvalue weighted by molar-refractivity contribution is 6.01. The van der Waals surface area contributed by atoms with Crippen LogP contribution in [0.4, 0.5) is 10.5 Å². The van der Waals surface area contributed by atoms with E-state index in [2.05, 4.69) is 11.2 Å². The molecule has 1 saturated heterocycles. The molecule has 1 aromatic rings. The van der Waals surface area contributed by atoms with Gasteiger partial charge in [0.05, 0.1) is 0 Å². The lowest BCUT2D eigenvalue weighted by Crippen LogP contribution is -2.32. The molecule has 1 N–H and O–H groups in total. The Bertz CT molecular complexity index is 648. The van der Waals surface area contributed by atoms with Crippen molar-refractivity contribution in [1.82, 2.24) is 9.80 Å². The fourth-order valence-corrected chi connectivity index (χ4v) is 2.20. The smallest absolute Gasteiger partial charge is 0.326 e. The Morgan fingerprint density at radius 2 is 2.18 bits per heavy atom. The molecule has 114 valence electrons. The Labute approximate surface area is 129 Å². The maximum Gasteiger partial charge on any atom is 0.326 e. The van der Waals surface area contributed by atoms with Gasteiger partial charge in [0, 0.05) is 31.3 Å². The van der Waals surface area contributed by atoms with Crippen LogP contribution in [0.25, 0.3) is 0 Å². The molecule has 1 aliphatic rings. The number of terminal acetylenes is 1. The second-order valence-electron chi connectivity index (χ2n) is 5.06. The molecule has 0 aliphatic carbocycles. The lowest BCUT2D eigenvalue weighted by atomic mass is 10.2. The number of anilines is 1. The fourth-order valence-electron chi connectivity index (χ4n) is 2.20. The molecule has 6 nitrogen and oxygen atoms in total. The molecule has 0 saturated carbocycles. The second-order valence-corrected chi connectivity index (χ2v) is 5.06. The summed E-state index contributed by atoms with van der Waals surface area (Å²) in [7, 11) is 1.57. The van der Waals surface area contributed by atoms with Crippen LogP contribution in [0.1, 0.15) is 18.4 Å². The fraction of sp³-hybridized carbons (Fsp3) is 0.312. The van der Waals surface area contributed by atoms with Crippen LogP contribution in [0.15, 0.2) is 24.3 Å². The van der Waals surface area contributed by atoms with Gasteiger partial charge in [-0.1, -0.05) is 12.0 Å². The van der Waals surface area contributed by atoms with Crippen LogP contribution in [-0.2, 0) is 9.59 Å². The number of likely N-dealkylation sites (N-methyl/N-ethyl adjacent to an activating group) is 1. The standard InChI is InChI=1S/C16H17N3O3/c1-3-12-6-4-7-13(10-12)17-14(20)8-5-9-19-15(21)11-18(2)16(19)22/h1,4,6-7,10H,5,8-9,11H2,2H3,(H,17,20). The molecule has 0 spiro atoms. The van der Waals surface area contributed by atoms with Crippen molar-refractivity contribution in [2.24, 2.45) is 0 Å². The Hall–Kier alpha value is -2.81. The van der Waals surface area contributed by atoms with E-state index in [1.165, 1.54) is 9.80 Å². The lowest BCUT2D eigenvalue weighted by molar-refractivity contribution is -0.125. The molecule has 0 bridgehead atoms. The average molecular weight is 299 g/mol. The first-order valence-electron chi connectivity index (χ1n) is 6.93. The van der Waals surface area contributed by atoms with Gasteiger partial charge in [-0.15, -0.1) is 6.42 Å². The topological polar surface area (TPSA) is 69.7 Å². The molecule has 1 heterocycles. The number of carbonyl (C=O) groups excluding carboxylic acids is 3. The van der Waals surface area contributed by atoms with E-state index < -0.39 is 0 Å². The molecule has 0 atom stereocenters. The molecule has 4 amide bonds. The number of nitrogens with zero attached hydrogens (tertiary/aromatic N) is 2. The zero-order valence-corrected chi connectivity index (χ0v) is 12.3. The quantitative estimate of drug-likeness (QED) is 0.658. The van der Waals surface area contributed by atoms with Gasteiger partial charge in [0.15, 0.2) is 0 Å². The summed E-state index contributed by atoms with van der Waals surface area (Å²) in [5, 5.41) is 2.74. The zero-order chi connectivity index (χ0) is 16.1. The number of carbonyl (C=O) groups is 3. The molecule has 6 heteroatoms. The summed E-state index contributed by atoms with van der Waals surface area (Å²) in [6, 6.07) is 6.69. The predicted octanol–water partition coefficient (Wildman–Crippen LogP) is 1.28. The van der Waals surface area contributed by atoms with Crippen LogP contribution in [0.3, 0.4) is 0 Å². The number of nitrogens with one attached hydrogen (secondary N) is 1. The van der Waals surface area contributed by atoms with Gasteiger partial charge in [-0.2, -0.15) is 0 Å². The van der Waals surface area contributed by atoms with Crippen molar-refractivity contribution in [3.8, 4) is 12.3 Å². The lowest BCUT2D eigenvalue weighted by Gasteiger charge is -2.13. The number of hydrogen-bond acceptors (Lipinski definition) is 3. The summed E-state index contributed by atoms with van der Waals surface area (Å²) in [4.78, 5) is 37.6. The molecule has 1 fully saturated rings. The summed E-state index contributed by atoms with van der Waals surface area (Å²) in [5.74, 6) is 2.09. The van der Waals surface area contributed by atoms with Crippen molar-refractivity contribution >= 4 is 23.5 Å². The number of hydrogen-bond donors (Lipinski definition) is 1. The third kappa shape index (κ3) is 3.64. The highest BCUT2D eigenvalue weighted by atomic mass is 16.2. The molecule has 1 aliphatic heterocycles. The van der Waals surface area contributed by atoms with Gasteiger partial charge in [-0.05, 0) is 24.6 Å². The van der Waals surface area contributed by atoms with E-state index >= 15 is 0 Å². The SMILES string of the molecule is C#Cc1cccc(NC(=O)CCCN2C(=O)CN(C)C2=O)c1. The van der Waals surface area contributed by atoms with Crippen molar-refractivity contribution in [2.75, 3.05) is 25.5 Å². The summed E-state index contributed by atoms with van der Waals surface area (Å²) in [5.41, 5.74) is 1.32. The van der Waals surface area contributed by atoms with Crippen molar-refractivity contribution < 1.29 is 14.4 Å². The molecular weight excluding hydrogens is 282 g/mol. The molecular formula is C16H17N3O3. The minimum Gasteiger partial charge on any atom is -0.326 e. The Kier molecular flexibility index (Phi) is 4.79. The van der Waals surface area contributed by atoms with Gasteiger partial charge >= 0.3 is 6.03 Å². The first-order valence-corrected chi connectivity index (χ1v) is 6.93. The van der Waals surface area contributed by atoms with Crippen LogP contribution in [0.2, 0.25) is 0 Å². The second kappa shape index (κ2) is 6.76. The molecule has 0 unspecified atom stereocenters. The van der Waals surface area contributed by atoms with Crippen molar-refractivity contribution in [2.45, 2.75) is 12.8 Å². The third-order valence-electron chi connectivity index (χ3n) is 3.33. The van der Waals surface area contributed by atoms with Gasteiger partial charge in [0.2, 0.25) is 11.8 Å². The van der Waals surface area contributed by atoms with Crippen LogP contribution in [-0.4, -0.2) is 47.8 Å². The normalized spacial score (nSPS) is 14.2. The highest BCUT2D eigenvalue weighted by Gasteiger charge is 2.32. The molecule has 22 heavy (non-hydrogen) atoms. The number of benzene rings is 1. The van der Waals surface area contributed by atoms with Crippen molar-refractivity contribution in [3.63, 3.8) is 0 Å². The van der Waals surface area contributed by atoms with Crippen molar-refractivity contribution in [1.29, 1.82) is 0 Å². The third-order valence-corrected chi connectivity index (χ3v) is 3.33. The number of imide groups is 1. The average Bonchev–Trinajstić information content (AvgIpc) is 2.73. The minimum atomic E-state index is -0.313. The van der Waals surface area contributed by atoms with E-state index in [1.807, 2.05) is 0 Å². The first kappa shape index (κ1) is 15.6. The van der Waals surface area contributed by atoms with Gasteiger partial charge in [-0.3, -0.25) is 14.5 Å². The van der Waals surface area contributed by atoms with Crippen LogP contribution < -0.4 is 5.32 Å². The maximum atomic E-state index is 11.9. The van der Waals surface area contributed by atoms with E-state index in [9.17, 15) is 14.4 Å². The minimum absolute atomic E-state index is 0.101. The summed E-state index contributed by atoms with van der Waals surface area (Å²) < 4.78 is 0. The molecule has 2 rings (SSSR count). The number of urea groups is 1. The molecule has 0 aromatic heterocycles. The molecule has 1 aromatic carbocycles. The number of rotatable bonds is 5. The van der Waals surface area contributed by atoms with E-state index in [-0.39, 0.29) is 37.4 Å². The van der Waals surface area contributed by atoms with Crippen LogP contribution in [0.5, 0.6) is 0 Å². The van der Waals surface area contributed by atoms with E-state index in [4.69, 9.17) is 6.42 Å². The maximum absolute atomic E-state index is 11.9. The summed E-state index contributed by atoms with van der Waals surface area (Å²) in [6.45, 7) is 0.351. The van der Waals surface area contributed by atoms with Gasteiger partial charge < -0.3 is 10.2 Å². The molecule has 0 radical (unpaired) electrons. The summed E-state index contributed by atoms with van der Waals surface area (Å²) in [6.07, 6.45) is 5.95. The Morgan fingerprint density at radius 3 is 2.82 bits per heavy atom. The van der Waals surface area contributed by atoms with E-state index in [1.54, 1.807) is 31.3 Å². The van der Waals surface area contributed by atoms with Crippen molar-refractivity contribution in [3.05, 3.63) is 29.8 Å².